The summed E-state index contributed by atoms with van der Waals surface area (Å²) in [5.41, 5.74) is 3.21. The van der Waals surface area contributed by atoms with E-state index in [4.69, 9.17) is 37.7 Å². The molecule has 3 aromatic carbocycles. The van der Waals surface area contributed by atoms with E-state index in [1.54, 1.807) is 49.1 Å². The molecule has 9 heteroatoms. The summed E-state index contributed by atoms with van der Waals surface area (Å²) in [6.07, 6.45) is 0. The van der Waals surface area contributed by atoms with Crippen LogP contribution in [-0.2, 0) is 5.75 Å². The summed E-state index contributed by atoms with van der Waals surface area (Å²) in [4.78, 5) is 21.9. The van der Waals surface area contributed by atoms with Crippen molar-refractivity contribution in [3.05, 3.63) is 86.6 Å². The first-order valence-electron chi connectivity index (χ1n) is 10.3. The molecule has 0 aliphatic heterocycles. The van der Waals surface area contributed by atoms with Gasteiger partial charge in [-0.3, -0.25) is 9.36 Å². The highest BCUT2D eigenvalue weighted by Gasteiger charge is 2.19. The zero-order valence-corrected chi connectivity index (χ0v) is 20.6. The van der Waals surface area contributed by atoms with Crippen LogP contribution in [0.25, 0.3) is 27.6 Å². The van der Waals surface area contributed by atoms with Gasteiger partial charge in [-0.25, -0.2) is 4.98 Å². The zero-order valence-electron chi connectivity index (χ0n) is 18.3. The number of thioether (sulfide) groups is 1. The van der Waals surface area contributed by atoms with Crippen molar-refractivity contribution >= 4 is 56.9 Å². The van der Waals surface area contributed by atoms with Crippen LogP contribution in [0.3, 0.4) is 0 Å². The minimum atomic E-state index is -0.210. The van der Waals surface area contributed by atoms with Crippen LogP contribution >= 0.6 is 35.0 Å². The molecule has 34 heavy (non-hydrogen) atoms. The molecule has 172 valence electrons. The molecule has 2 aromatic heterocycles. The SMILES string of the molecule is COc1ccc(-n2c(SCc3ccc(Cl)cc3Cl)nc3c([nH]c4ccccc43)c2=O)cc1OC. The fourth-order valence-electron chi connectivity index (χ4n) is 3.81. The average molecular weight is 512 g/mol. The largest absolute Gasteiger partial charge is 0.493 e. The molecule has 0 aliphatic carbocycles. The molecule has 5 rings (SSSR count). The van der Waals surface area contributed by atoms with Crippen molar-refractivity contribution in [3.63, 3.8) is 0 Å². The molecule has 0 fully saturated rings. The Bertz CT molecular complexity index is 1600. The van der Waals surface area contributed by atoms with Crippen molar-refractivity contribution in [2.75, 3.05) is 14.2 Å². The summed E-state index contributed by atoms with van der Waals surface area (Å²) in [6.45, 7) is 0. The van der Waals surface area contributed by atoms with E-state index in [2.05, 4.69) is 4.98 Å². The molecule has 0 unspecified atom stereocenters. The minimum absolute atomic E-state index is 0.210. The Balaban J connectivity index is 1.71. The Morgan fingerprint density at radius 1 is 1.00 bits per heavy atom. The van der Waals surface area contributed by atoms with E-state index in [1.165, 1.54) is 11.8 Å². The van der Waals surface area contributed by atoms with Gasteiger partial charge in [-0.1, -0.05) is 59.2 Å². The third kappa shape index (κ3) is 4.00. The van der Waals surface area contributed by atoms with Gasteiger partial charge < -0.3 is 14.5 Å². The van der Waals surface area contributed by atoms with Gasteiger partial charge in [0.2, 0.25) is 0 Å². The molecule has 0 saturated heterocycles. The fraction of sp³-hybridized carbons (Fsp3) is 0.120. The Morgan fingerprint density at radius 3 is 2.56 bits per heavy atom. The molecule has 0 saturated carbocycles. The smallest absolute Gasteiger partial charge is 0.283 e. The molecule has 0 spiro atoms. The number of nitrogens with one attached hydrogen (secondary N) is 1. The van der Waals surface area contributed by atoms with Gasteiger partial charge in [-0.2, -0.15) is 0 Å². The van der Waals surface area contributed by atoms with Gasteiger partial charge in [0.05, 0.1) is 19.9 Å². The van der Waals surface area contributed by atoms with Gasteiger partial charge in [0, 0.05) is 32.8 Å². The number of rotatable bonds is 6. The number of ether oxygens (including phenoxy) is 2. The van der Waals surface area contributed by atoms with Crippen LogP contribution in [0.1, 0.15) is 5.56 Å². The van der Waals surface area contributed by atoms with Crippen LogP contribution < -0.4 is 15.0 Å². The van der Waals surface area contributed by atoms with E-state index in [9.17, 15) is 4.79 Å². The second kappa shape index (κ2) is 9.25. The minimum Gasteiger partial charge on any atom is -0.493 e. The van der Waals surface area contributed by atoms with Gasteiger partial charge in [0.1, 0.15) is 11.0 Å². The van der Waals surface area contributed by atoms with Crippen molar-refractivity contribution in [1.82, 2.24) is 14.5 Å². The normalized spacial score (nSPS) is 11.3. The highest BCUT2D eigenvalue weighted by molar-refractivity contribution is 7.98. The quantitative estimate of drug-likeness (QED) is 0.208. The lowest BCUT2D eigenvalue weighted by Gasteiger charge is -2.15. The van der Waals surface area contributed by atoms with Gasteiger partial charge in [0.25, 0.3) is 5.56 Å². The van der Waals surface area contributed by atoms with E-state index >= 15 is 0 Å². The topological polar surface area (TPSA) is 69.1 Å². The first-order chi connectivity index (χ1) is 16.5. The third-order valence-corrected chi connectivity index (χ3v) is 7.07. The van der Waals surface area contributed by atoms with E-state index in [1.807, 2.05) is 30.3 Å². The van der Waals surface area contributed by atoms with Crippen LogP contribution in [0.15, 0.2) is 70.6 Å². The van der Waals surface area contributed by atoms with E-state index < -0.39 is 0 Å². The van der Waals surface area contributed by atoms with Crippen LogP contribution in [0.5, 0.6) is 11.5 Å². The van der Waals surface area contributed by atoms with Crippen molar-refractivity contribution in [1.29, 1.82) is 0 Å². The van der Waals surface area contributed by atoms with Crippen molar-refractivity contribution in [2.45, 2.75) is 10.9 Å². The van der Waals surface area contributed by atoms with Gasteiger partial charge in [-0.05, 0) is 35.9 Å². The molecule has 0 atom stereocenters. The predicted octanol–water partition coefficient (Wildman–Crippen LogP) is 6.48. The number of fused-ring (bicyclic) bond motifs is 3. The number of benzene rings is 3. The molecule has 0 bridgehead atoms. The predicted molar refractivity (Wildman–Crippen MR) is 138 cm³/mol. The second-order valence-electron chi connectivity index (χ2n) is 7.49. The van der Waals surface area contributed by atoms with Crippen LogP contribution in [0, 0.1) is 0 Å². The first kappa shape index (κ1) is 22.7. The summed E-state index contributed by atoms with van der Waals surface area (Å²) in [7, 11) is 3.13. The van der Waals surface area contributed by atoms with Crippen molar-refractivity contribution in [2.24, 2.45) is 0 Å². The molecular formula is C25H19Cl2N3O3S. The second-order valence-corrected chi connectivity index (χ2v) is 9.28. The number of para-hydroxylation sites is 1. The molecule has 1 N–H and O–H groups in total. The highest BCUT2D eigenvalue weighted by atomic mass is 35.5. The van der Waals surface area contributed by atoms with E-state index in [0.29, 0.717) is 49.2 Å². The molecule has 0 radical (unpaired) electrons. The maximum absolute atomic E-state index is 13.8. The number of halogens is 2. The summed E-state index contributed by atoms with van der Waals surface area (Å²) in [5, 5.41) is 2.55. The van der Waals surface area contributed by atoms with Gasteiger partial charge >= 0.3 is 0 Å². The van der Waals surface area contributed by atoms with E-state index in [0.717, 1.165) is 16.5 Å². The van der Waals surface area contributed by atoms with E-state index in [-0.39, 0.29) is 5.56 Å². The number of aromatic amines is 1. The number of H-pyrrole nitrogens is 1. The van der Waals surface area contributed by atoms with Gasteiger partial charge in [-0.15, -0.1) is 0 Å². The summed E-state index contributed by atoms with van der Waals surface area (Å²) >= 11 is 13.9. The monoisotopic (exact) mass is 511 g/mol. The van der Waals surface area contributed by atoms with Crippen LogP contribution in [0.4, 0.5) is 0 Å². The number of methoxy groups -OCH3 is 2. The van der Waals surface area contributed by atoms with Crippen molar-refractivity contribution in [3.8, 4) is 17.2 Å². The average Bonchev–Trinajstić information content (AvgIpc) is 3.22. The lowest BCUT2D eigenvalue weighted by molar-refractivity contribution is 0.354. The maximum Gasteiger partial charge on any atom is 0.283 e. The van der Waals surface area contributed by atoms with Crippen LogP contribution in [0.2, 0.25) is 10.0 Å². The Kier molecular flexibility index (Phi) is 6.16. The lowest BCUT2D eigenvalue weighted by atomic mass is 10.2. The number of aromatic nitrogens is 3. The first-order valence-corrected chi connectivity index (χ1v) is 12.1. The van der Waals surface area contributed by atoms with Crippen molar-refractivity contribution < 1.29 is 9.47 Å². The fourth-order valence-corrected chi connectivity index (χ4v) is 5.38. The zero-order chi connectivity index (χ0) is 23.8. The Hall–Kier alpha value is -3.13. The summed E-state index contributed by atoms with van der Waals surface area (Å²) < 4.78 is 12.4. The molecule has 5 aromatic rings. The lowest BCUT2D eigenvalue weighted by Crippen LogP contribution is -2.22. The number of hydrogen-bond acceptors (Lipinski definition) is 5. The standard InChI is InChI=1S/C25H19Cl2N3O3S/c1-32-20-10-9-16(12-21(20)33-2)30-24(31)23-22(17-5-3-4-6-19(17)28-23)29-25(30)34-13-14-7-8-15(26)11-18(14)27/h3-12,28H,13H2,1-2H3. The number of nitrogens with zero attached hydrogens (tertiary/aromatic N) is 2. The molecule has 0 aliphatic rings. The Morgan fingerprint density at radius 2 is 1.79 bits per heavy atom. The summed E-state index contributed by atoms with van der Waals surface area (Å²) in [6, 6.07) is 18.4. The molecule has 0 amide bonds. The summed E-state index contributed by atoms with van der Waals surface area (Å²) in [5.74, 6) is 1.59. The van der Waals surface area contributed by atoms with Gasteiger partial charge in [0.15, 0.2) is 16.7 Å². The maximum atomic E-state index is 13.8. The molecule has 2 heterocycles. The third-order valence-electron chi connectivity index (χ3n) is 5.49. The molecule has 6 nitrogen and oxygen atoms in total. The molecular weight excluding hydrogens is 493 g/mol. The Labute approximate surface area is 209 Å². The van der Waals surface area contributed by atoms with Crippen LogP contribution in [-0.4, -0.2) is 28.8 Å². The highest BCUT2D eigenvalue weighted by Crippen LogP contribution is 2.33. The number of hydrogen-bond donors (Lipinski definition) is 1.